The summed E-state index contributed by atoms with van der Waals surface area (Å²) >= 11 is 9.12. The summed E-state index contributed by atoms with van der Waals surface area (Å²) in [5.74, 6) is 1.02. The zero-order valence-electron chi connectivity index (χ0n) is 13.6. The third kappa shape index (κ3) is 3.52. The minimum Gasteiger partial charge on any atom is -0.325 e. The molecule has 3 aromatic rings. The lowest BCUT2D eigenvalue weighted by molar-refractivity contribution is -0.113. The molecule has 0 fully saturated rings. The molecule has 1 aliphatic rings. The average Bonchev–Trinajstić information content (AvgIpc) is 3.15. The smallest absolute Gasteiger partial charge is 0.234 e. The minimum absolute atomic E-state index is 0.0522. The molecule has 7 heteroatoms. The first-order valence-corrected chi connectivity index (χ1v) is 10.3. The number of aryl methyl sites for hydroxylation is 3. The lowest BCUT2D eigenvalue weighted by Gasteiger charge is -2.07. The zero-order valence-corrected chi connectivity index (χ0v) is 16.0. The Balaban J connectivity index is 1.52. The molecule has 2 heterocycles. The van der Waals surface area contributed by atoms with Crippen LogP contribution in [0.4, 0.5) is 5.69 Å². The summed E-state index contributed by atoms with van der Waals surface area (Å²) in [6, 6.07) is 7.11. The summed E-state index contributed by atoms with van der Waals surface area (Å²) < 4.78 is 0. The molecule has 2 aromatic heterocycles. The molecular weight excluding hydrogens is 374 g/mol. The average molecular weight is 390 g/mol. The van der Waals surface area contributed by atoms with Crippen LogP contribution in [-0.2, 0) is 17.6 Å². The lowest BCUT2D eigenvalue weighted by atomic mass is 10.2. The highest BCUT2D eigenvalue weighted by atomic mass is 35.5. The molecule has 4 rings (SSSR count). The highest BCUT2D eigenvalue weighted by Crippen LogP contribution is 2.40. The van der Waals surface area contributed by atoms with Crippen LogP contribution < -0.4 is 5.32 Å². The predicted molar refractivity (Wildman–Crippen MR) is 105 cm³/mol. The Morgan fingerprint density at radius 1 is 1.28 bits per heavy atom. The van der Waals surface area contributed by atoms with Crippen LogP contribution in [0.5, 0.6) is 0 Å². The number of thiophene rings is 1. The molecule has 0 saturated carbocycles. The molecule has 1 aromatic carbocycles. The van der Waals surface area contributed by atoms with Crippen LogP contribution in [0, 0.1) is 6.92 Å². The molecule has 1 aliphatic carbocycles. The molecule has 1 amide bonds. The zero-order chi connectivity index (χ0) is 17.4. The van der Waals surface area contributed by atoms with Crippen LogP contribution >= 0.6 is 34.7 Å². The van der Waals surface area contributed by atoms with Crippen LogP contribution in [-0.4, -0.2) is 21.6 Å². The Kier molecular flexibility index (Phi) is 4.67. The van der Waals surface area contributed by atoms with Gasteiger partial charge < -0.3 is 5.32 Å². The molecule has 0 unspecified atom stereocenters. The normalized spacial score (nSPS) is 13.2. The van der Waals surface area contributed by atoms with Crippen molar-refractivity contribution in [2.75, 3.05) is 11.1 Å². The number of rotatable bonds is 4. The van der Waals surface area contributed by atoms with E-state index in [1.807, 2.05) is 6.92 Å². The van der Waals surface area contributed by atoms with Crippen molar-refractivity contribution in [2.24, 2.45) is 0 Å². The highest BCUT2D eigenvalue weighted by Gasteiger charge is 2.22. The van der Waals surface area contributed by atoms with E-state index in [9.17, 15) is 4.79 Å². The predicted octanol–water partition coefficient (Wildman–Crippen LogP) is 4.87. The first-order valence-electron chi connectivity index (χ1n) is 8.07. The van der Waals surface area contributed by atoms with Crippen molar-refractivity contribution in [2.45, 2.75) is 31.2 Å². The van der Waals surface area contributed by atoms with Crippen molar-refractivity contribution in [3.05, 3.63) is 45.6 Å². The quantitative estimate of drug-likeness (QED) is 0.510. The van der Waals surface area contributed by atoms with Crippen molar-refractivity contribution in [1.29, 1.82) is 0 Å². The molecule has 4 nitrogen and oxygen atoms in total. The van der Waals surface area contributed by atoms with Gasteiger partial charge in [-0.25, -0.2) is 9.97 Å². The maximum atomic E-state index is 12.3. The van der Waals surface area contributed by atoms with Crippen LogP contribution in [0.1, 0.15) is 22.7 Å². The molecule has 0 saturated heterocycles. The van der Waals surface area contributed by atoms with Crippen molar-refractivity contribution in [3.63, 3.8) is 0 Å². The number of anilines is 1. The Morgan fingerprint density at radius 2 is 2.08 bits per heavy atom. The summed E-state index contributed by atoms with van der Waals surface area (Å²) in [4.78, 5) is 23.9. The summed E-state index contributed by atoms with van der Waals surface area (Å²) in [7, 11) is 0. The molecule has 128 valence electrons. The van der Waals surface area contributed by atoms with Crippen molar-refractivity contribution >= 4 is 56.5 Å². The summed E-state index contributed by atoms with van der Waals surface area (Å²) in [5.41, 5.74) is 2.14. The second-order valence-corrected chi connectivity index (χ2v) is 8.44. The van der Waals surface area contributed by atoms with E-state index in [1.165, 1.54) is 28.6 Å². The van der Waals surface area contributed by atoms with Gasteiger partial charge in [-0.05, 0) is 56.0 Å². The molecule has 1 N–H and O–H groups in total. The van der Waals surface area contributed by atoms with E-state index in [-0.39, 0.29) is 5.91 Å². The van der Waals surface area contributed by atoms with Gasteiger partial charge in [0.05, 0.1) is 5.75 Å². The van der Waals surface area contributed by atoms with Gasteiger partial charge >= 0.3 is 0 Å². The number of carbonyl (C=O) groups is 1. The van der Waals surface area contributed by atoms with E-state index in [2.05, 4.69) is 15.3 Å². The first-order chi connectivity index (χ1) is 12.1. The third-order valence-corrected chi connectivity index (χ3v) is 6.52. The van der Waals surface area contributed by atoms with Gasteiger partial charge in [0.2, 0.25) is 5.91 Å². The van der Waals surface area contributed by atoms with E-state index in [4.69, 9.17) is 11.6 Å². The number of fused-ring (bicyclic) bond motifs is 3. The van der Waals surface area contributed by atoms with Crippen LogP contribution in [0.25, 0.3) is 10.2 Å². The van der Waals surface area contributed by atoms with E-state index in [0.29, 0.717) is 10.8 Å². The van der Waals surface area contributed by atoms with Crippen LogP contribution in [0.2, 0.25) is 5.02 Å². The molecule has 25 heavy (non-hydrogen) atoms. The standard InChI is InChI=1S/C18H16ClN3OS2/c1-10-20-17(16-13-3-2-4-14(13)25-18(16)21-10)24-9-15(23)22-12-7-5-11(19)6-8-12/h5-8H,2-4,9H2,1H3,(H,22,23). The fourth-order valence-electron chi connectivity index (χ4n) is 3.03. The van der Waals surface area contributed by atoms with Crippen molar-refractivity contribution in [1.82, 2.24) is 9.97 Å². The van der Waals surface area contributed by atoms with Crippen LogP contribution in [0.15, 0.2) is 29.3 Å². The van der Waals surface area contributed by atoms with Gasteiger partial charge in [0, 0.05) is 21.0 Å². The van der Waals surface area contributed by atoms with E-state index in [1.54, 1.807) is 35.6 Å². The van der Waals surface area contributed by atoms with Gasteiger partial charge in [0.15, 0.2) is 0 Å². The number of aromatic nitrogens is 2. The summed E-state index contributed by atoms with van der Waals surface area (Å²) in [6.07, 6.45) is 3.43. The molecule has 0 spiro atoms. The number of benzene rings is 1. The van der Waals surface area contributed by atoms with Gasteiger partial charge in [-0.3, -0.25) is 4.79 Å². The second kappa shape index (κ2) is 6.94. The van der Waals surface area contributed by atoms with Crippen molar-refractivity contribution < 1.29 is 4.79 Å². The summed E-state index contributed by atoms with van der Waals surface area (Å²) in [6.45, 7) is 1.90. The number of halogens is 1. The van der Waals surface area contributed by atoms with E-state index < -0.39 is 0 Å². The fraction of sp³-hybridized carbons (Fsp3) is 0.278. The third-order valence-electron chi connectivity index (χ3n) is 4.11. The van der Waals surface area contributed by atoms with Crippen LogP contribution in [0.3, 0.4) is 0 Å². The molecule has 0 atom stereocenters. The SMILES string of the molecule is Cc1nc(SCC(=O)Nc2ccc(Cl)cc2)c2c3c(sc2n1)CCC3. The van der Waals surface area contributed by atoms with Crippen molar-refractivity contribution in [3.8, 4) is 0 Å². The Hall–Kier alpha value is -1.63. The topological polar surface area (TPSA) is 54.9 Å². The second-order valence-electron chi connectivity index (χ2n) is 5.96. The number of thioether (sulfide) groups is 1. The number of amides is 1. The number of carbonyl (C=O) groups excluding carboxylic acids is 1. The maximum absolute atomic E-state index is 12.3. The Morgan fingerprint density at radius 3 is 2.88 bits per heavy atom. The molecule has 0 bridgehead atoms. The highest BCUT2D eigenvalue weighted by molar-refractivity contribution is 8.00. The lowest BCUT2D eigenvalue weighted by Crippen LogP contribution is -2.14. The maximum Gasteiger partial charge on any atom is 0.234 e. The Labute approximate surface area is 159 Å². The Bertz CT molecular complexity index is 953. The molecule has 0 radical (unpaired) electrons. The van der Waals surface area contributed by atoms with Gasteiger partial charge in [-0.15, -0.1) is 11.3 Å². The number of hydrogen-bond acceptors (Lipinski definition) is 5. The molecular formula is C18H16ClN3OS2. The number of nitrogens with zero attached hydrogens (tertiary/aromatic N) is 2. The number of hydrogen-bond donors (Lipinski definition) is 1. The van der Waals surface area contributed by atoms with Gasteiger partial charge in [0.25, 0.3) is 0 Å². The molecule has 0 aliphatic heterocycles. The fourth-order valence-corrected chi connectivity index (χ4v) is 5.43. The van der Waals surface area contributed by atoms with Gasteiger partial charge in [-0.1, -0.05) is 23.4 Å². The van der Waals surface area contributed by atoms with Gasteiger partial charge in [0.1, 0.15) is 15.7 Å². The summed E-state index contributed by atoms with van der Waals surface area (Å²) in [5, 5.41) is 5.62. The largest absolute Gasteiger partial charge is 0.325 e. The first kappa shape index (κ1) is 16.8. The monoisotopic (exact) mass is 389 g/mol. The minimum atomic E-state index is -0.0522. The van der Waals surface area contributed by atoms with Gasteiger partial charge in [-0.2, -0.15) is 0 Å². The number of nitrogens with one attached hydrogen (secondary N) is 1. The van der Waals surface area contributed by atoms with E-state index in [0.717, 1.165) is 39.6 Å². The van der Waals surface area contributed by atoms with E-state index >= 15 is 0 Å².